The number of nitrogens with zero attached hydrogens (tertiary/aromatic N) is 5. The smallest absolute Gasteiger partial charge is 0.336 e. The van der Waals surface area contributed by atoms with Crippen LogP contribution in [0.5, 0.6) is 0 Å². The zero-order valence-corrected chi connectivity index (χ0v) is 21.3. The molecule has 1 aliphatic heterocycles. The maximum atomic E-state index is 14.1. The second kappa shape index (κ2) is 9.81. The number of rotatable bonds is 4. The molecule has 1 amide bonds. The molecular formula is C30H26F3N5O. The van der Waals surface area contributed by atoms with E-state index in [1.165, 1.54) is 17.3 Å². The molecule has 6 nitrogen and oxygen atoms in total. The van der Waals surface area contributed by atoms with E-state index < -0.39 is 11.9 Å². The van der Waals surface area contributed by atoms with Gasteiger partial charge in [0.05, 0.1) is 11.9 Å². The van der Waals surface area contributed by atoms with E-state index in [2.05, 4.69) is 40.1 Å². The first-order valence-electron chi connectivity index (χ1n) is 12.8. The monoisotopic (exact) mass is 529 g/mol. The lowest BCUT2D eigenvalue weighted by Gasteiger charge is -2.34. The van der Waals surface area contributed by atoms with Crippen LogP contribution in [-0.4, -0.2) is 56.5 Å². The Labute approximate surface area is 223 Å². The van der Waals surface area contributed by atoms with Crippen molar-refractivity contribution in [1.82, 2.24) is 24.4 Å². The van der Waals surface area contributed by atoms with Crippen molar-refractivity contribution in [2.45, 2.75) is 19.6 Å². The molecule has 5 aromatic rings. The molecule has 9 heteroatoms. The number of carbonyl (C=O) groups is 1. The first kappa shape index (κ1) is 25.1. The van der Waals surface area contributed by atoms with Crippen molar-refractivity contribution in [1.29, 1.82) is 0 Å². The van der Waals surface area contributed by atoms with E-state index in [1.807, 2.05) is 36.4 Å². The molecule has 39 heavy (non-hydrogen) atoms. The van der Waals surface area contributed by atoms with Gasteiger partial charge in [0.25, 0.3) is 5.91 Å². The predicted molar refractivity (Wildman–Crippen MR) is 143 cm³/mol. The van der Waals surface area contributed by atoms with E-state index in [-0.39, 0.29) is 22.8 Å². The number of amides is 1. The van der Waals surface area contributed by atoms with Crippen LogP contribution in [0.1, 0.15) is 27.2 Å². The molecule has 0 N–H and O–H groups in total. The van der Waals surface area contributed by atoms with Gasteiger partial charge in [0.1, 0.15) is 5.56 Å². The highest BCUT2D eigenvalue weighted by Gasteiger charge is 2.36. The van der Waals surface area contributed by atoms with Crippen LogP contribution in [0.25, 0.3) is 27.7 Å². The molecule has 0 spiro atoms. The molecule has 1 saturated heterocycles. The number of carbonyl (C=O) groups excluding carboxylic acids is 1. The Morgan fingerprint density at radius 3 is 2.44 bits per heavy atom. The predicted octanol–water partition coefficient (Wildman–Crippen LogP) is 5.83. The van der Waals surface area contributed by atoms with E-state index in [0.717, 1.165) is 27.9 Å². The topological polar surface area (TPSA) is 53.7 Å². The lowest BCUT2D eigenvalue weighted by molar-refractivity contribution is -0.142. The highest BCUT2D eigenvalue weighted by atomic mass is 19.4. The minimum Gasteiger partial charge on any atom is -0.336 e. The SMILES string of the molecule is Cc1cccc(CN2CCN(C(=O)c3cnn4c(C(F)(F)F)cc(-c5cccc6ccccc56)nc34)CC2)c1. The molecule has 1 fully saturated rings. The highest BCUT2D eigenvalue weighted by molar-refractivity contribution is 6.01. The molecular weight excluding hydrogens is 503 g/mol. The second-order valence-electron chi connectivity index (χ2n) is 9.90. The summed E-state index contributed by atoms with van der Waals surface area (Å²) in [4.78, 5) is 22.0. The van der Waals surface area contributed by atoms with E-state index in [4.69, 9.17) is 0 Å². The summed E-state index contributed by atoms with van der Waals surface area (Å²) in [7, 11) is 0. The van der Waals surface area contributed by atoms with Crippen LogP contribution in [0.2, 0.25) is 0 Å². The van der Waals surface area contributed by atoms with E-state index in [9.17, 15) is 18.0 Å². The molecule has 1 aliphatic rings. The number of halogens is 3. The van der Waals surface area contributed by atoms with Gasteiger partial charge in [-0.2, -0.15) is 18.3 Å². The summed E-state index contributed by atoms with van der Waals surface area (Å²) in [5.74, 6) is -0.365. The Kier molecular flexibility index (Phi) is 6.31. The van der Waals surface area contributed by atoms with Gasteiger partial charge in [0.2, 0.25) is 0 Å². The van der Waals surface area contributed by atoms with Gasteiger partial charge in [0, 0.05) is 38.3 Å². The molecule has 3 heterocycles. The first-order valence-corrected chi connectivity index (χ1v) is 12.8. The van der Waals surface area contributed by atoms with Gasteiger partial charge in [0.15, 0.2) is 11.3 Å². The molecule has 3 aromatic carbocycles. The van der Waals surface area contributed by atoms with Crippen LogP contribution < -0.4 is 0 Å². The zero-order valence-electron chi connectivity index (χ0n) is 21.3. The number of fused-ring (bicyclic) bond motifs is 2. The van der Waals surface area contributed by atoms with Crippen LogP contribution in [0.3, 0.4) is 0 Å². The number of aromatic nitrogens is 3. The average Bonchev–Trinajstić information content (AvgIpc) is 3.35. The summed E-state index contributed by atoms with van der Waals surface area (Å²) in [6.45, 7) is 5.11. The fraction of sp³-hybridized carbons (Fsp3) is 0.233. The third-order valence-corrected chi connectivity index (χ3v) is 7.21. The Hall–Kier alpha value is -4.24. The Balaban J connectivity index is 1.32. The summed E-state index contributed by atoms with van der Waals surface area (Å²) >= 11 is 0. The van der Waals surface area contributed by atoms with Gasteiger partial charge in [-0.05, 0) is 29.3 Å². The number of benzene rings is 3. The third-order valence-electron chi connectivity index (χ3n) is 7.21. The van der Waals surface area contributed by atoms with E-state index >= 15 is 0 Å². The molecule has 0 unspecified atom stereocenters. The van der Waals surface area contributed by atoms with Crippen molar-refractivity contribution in [3.05, 3.63) is 101 Å². The standard InChI is InChI=1S/C30H26F3N5O/c1-20-6-4-7-21(16-20)19-36-12-14-37(15-13-36)29(39)25-18-34-38-27(30(31,32)33)17-26(35-28(25)38)24-11-5-9-22-8-2-3-10-23(22)24/h2-11,16-18H,12-15,19H2,1H3. The summed E-state index contributed by atoms with van der Waals surface area (Å²) in [6, 6.07) is 22.2. The number of aryl methyl sites for hydroxylation is 1. The van der Waals surface area contributed by atoms with Crippen LogP contribution in [0.15, 0.2) is 79.0 Å². The van der Waals surface area contributed by atoms with Crippen molar-refractivity contribution < 1.29 is 18.0 Å². The molecule has 0 atom stereocenters. The van der Waals surface area contributed by atoms with Gasteiger partial charge in [-0.3, -0.25) is 9.69 Å². The van der Waals surface area contributed by atoms with Crippen molar-refractivity contribution in [3.8, 4) is 11.3 Å². The molecule has 2 aromatic heterocycles. The quantitative estimate of drug-likeness (QED) is 0.294. The molecule has 0 saturated carbocycles. The zero-order chi connectivity index (χ0) is 27.1. The third kappa shape index (κ3) is 4.85. The largest absolute Gasteiger partial charge is 0.433 e. The van der Waals surface area contributed by atoms with Gasteiger partial charge < -0.3 is 4.90 Å². The minimum atomic E-state index is -4.69. The lowest BCUT2D eigenvalue weighted by atomic mass is 10.0. The molecule has 6 rings (SSSR count). The fourth-order valence-corrected chi connectivity index (χ4v) is 5.25. The van der Waals surface area contributed by atoms with Crippen molar-refractivity contribution in [2.75, 3.05) is 26.2 Å². The van der Waals surface area contributed by atoms with Gasteiger partial charge in [-0.15, -0.1) is 0 Å². The summed E-state index contributed by atoms with van der Waals surface area (Å²) < 4.78 is 43.2. The normalized spacial score (nSPS) is 14.8. The number of piperazine rings is 1. The average molecular weight is 530 g/mol. The molecule has 0 aliphatic carbocycles. The molecule has 198 valence electrons. The molecule has 0 radical (unpaired) electrons. The summed E-state index contributed by atoms with van der Waals surface area (Å²) in [5.41, 5.74) is 2.10. The van der Waals surface area contributed by atoms with Crippen LogP contribution in [-0.2, 0) is 12.7 Å². The second-order valence-corrected chi connectivity index (χ2v) is 9.90. The first-order chi connectivity index (χ1) is 18.8. The van der Waals surface area contributed by atoms with Crippen LogP contribution in [0, 0.1) is 6.92 Å². The number of hydrogen-bond donors (Lipinski definition) is 0. The van der Waals surface area contributed by atoms with E-state index in [1.54, 1.807) is 17.0 Å². The Morgan fingerprint density at radius 1 is 0.923 bits per heavy atom. The summed E-state index contributed by atoms with van der Waals surface area (Å²) in [5, 5.41) is 5.62. The number of hydrogen-bond acceptors (Lipinski definition) is 4. The van der Waals surface area contributed by atoms with Gasteiger partial charge in [-0.1, -0.05) is 72.3 Å². The molecule has 0 bridgehead atoms. The maximum absolute atomic E-state index is 14.1. The van der Waals surface area contributed by atoms with Gasteiger partial charge >= 0.3 is 6.18 Å². The van der Waals surface area contributed by atoms with Crippen molar-refractivity contribution in [2.24, 2.45) is 0 Å². The highest BCUT2D eigenvalue weighted by Crippen LogP contribution is 2.35. The van der Waals surface area contributed by atoms with Crippen molar-refractivity contribution >= 4 is 22.3 Å². The van der Waals surface area contributed by atoms with Crippen LogP contribution in [0.4, 0.5) is 13.2 Å². The Morgan fingerprint density at radius 2 is 1.67 bits per heavy atom. The maximum Gasteiger partial charge on any atom is 0.433 e. The minimum absolute atomic E-state index is 0.0646. The van der Waals surface area contributed by atoms with Gasteiger partial charge in [-0.25, -0.2) is 9.50 Å². The van der Waals surface area contributed by atoms with Crippen LogP contribution >= 0.6 is 0 Å². The summed E-state index contributed by atoms with van der Waals surface area (Å²) in [6.07, 6.45) is -3.49. The fourth-order valence-electron chi connectivity index (χ4n) is 5.25. The number of alkyl halides is 3. The van der Waals surface area contributed by atoms with E-state index in [0.29, 0.717) is 31.7 Å². The lowest BCUT2D eigenvalue weighted by Crippen LogP contribution is -2.48. The Bertz CT molecular complexity index is 1680. The van der Waals surface area contributed by atoms with Crippen molar-refractivity contribution in [3.63, 3.8) is 0 Å².